The summed E-state index contributed by atoms with van der Waals surface area (Å²) in [5.74, 6) is -14.0. The van der Waals surface area contributed by atoms with E-state index in [4.69, 9.17) is 14.2 Å². The molecule has 11 rings (SSSR count). The maximum Gasteiger partial charge on any atom is 0.277 e. The molecule has 12 heteroatoms. The molecular weight excluding hydrogens is 636 g/mol. The van der Waals surface area contributed by atoms with Crippen molar-refractivity contribution in [2.24, 2.45) is 0 Å². The molecule has 6 aliphatic rings. The molecule has 6 atom stereocenters. The van der Waals surface area contributed by atoms with Gasteiger partial charge in [0, 0.05) is 33.4 Å². The number of carbonyl (C=O) groups is 3. The Morgan fingerprint density at radius 1 is 0.408 bits per heavy atom. The van der Waals surface area contributed by atoms with Gasteiger partial charge in [-0.15, -0.1) is 0 Å². The van der Waals surface area contributed by atoms with Crippen LogP contribution < -0.4 is 14.2 Å². The van der Waals surface area contributed by atoms with E-state index >= 15 is 0 Å². The van der Waals surface area contributed by atoms with Gasteiger partial charge in [-0.3, -0.25) is 14.4 Å². The van der Waals surface area contributed by atoms with Gasteiger partial charge in [0.25, 0.3) is 17.4 Å². The van der Waals surface area contributed by atoms with Crippen molar-refractivity contribution in [2.45, 2.75) is 34.2 Å². The topological polar surface area (TPSA) is 200 Å². The highest BCUT2D eigenvalue weighted by molar-refractivity contribution is 6.16. The second-order valence-corrected chi connectivity index (χ2v) is 13.3. The Morgan fingerprint density at radius 3 is 1.20 bits per heavy atom. The van der Waals surface area contributed by atoms with Crippen LogP contribution in [-0.2, 0) is 34.2 Å². The van der Waals surface area contributed by atoms with Crippen molar-refractivity contribution in [3.05, 3.63) is 135 Å². The van der Waals surface area contributed by atoms with Gasteiger partial charge in [0.1, 0.15) is 17.2 Å². The average molecular weight is 657 g/mol. The van der Waals surface area contributed by atoms with Crippen molar-refractivity contribution in [1.29, 1.82) is 0 Å². The van der Waals surface area contributed by atoms with Gasteiger partial charge in [0.2, 0.25) is 34.2 Å². The van der Waals surface area contributed by atoms with Crippen LogP contribution in [0.3, 0.4) is 0 Å². The van der Waals surface area contributed by atoms with E-state index in [1.807, 2.05) is 0 Å². The lowest BCUT2D eigenvalue weighted by Crippen LogP contribution is -2.49. The van der Waals surface area contributed by atoms with Gasteiger partial charge < -0.3 is 44.8 Å². The zero-order valence-electron chi connectivity index (χ0n) is 24.7. The number of hydrogen-bond acceptors (Lipinski definition) is 12. The van der Waals surface area contributed by atoms with E-state index in [1.165, 1.54) is 60.7 Å². The van der Waals surface area contributed by atoms with E-state index in [0.29, 0.717) is 10.8 Å². The van der Waals surface area contributed by atoms with Crippen LogP contribution in [0.1, 0.15) is 64.5 Å². The molecule has 6 N–H and O–H groups in total. The Kier molecular flexibility index (Phi) is 4.24. The number of rotatable bonds is 0. The largest absolute Gasteiger partial charge is 0.453 e. The molecule has 0 fully saturated rings. The molecule has 0 saturated heterocycles. The minimum absolute atomic E-state index is 0.128. The van der Waals surface area contributed by atoms with E-state index in [-0.39, 0.29) is 33.4 Å². The molecule has 12 nitrogen and oxygen atoms in total. The highest BCUT2D eigenvalue weighted by Gasteiger charge is 2.81. The first kappa shape index (κ1) is 27.5. The standard InChI is InChI=1S/C37H20O12/c38-29-17-9-3-5-11-20(17)35(44)32(29,41)23-26-24(33(42)30(39)18-10-4-6-12-21(18)36(33,45)47-26)28-25(27(23)48-35)34(43)31(40)19-13-15-7-1-2-8-16(15)14-22(19)37(34,46)49-28/h1-14,41-46H/t32-,33-,34-,35-,36-,37-/m0/s1. The molecule has 0 spiro atoms. The SMILES string of the molecule is O=C1c2ccccc2[C@]2(O)Oc3c(c4c(c5c3[C@]3(O)C(=O)c6ccccc6[C@]3(O)O5)[C@]3(O)C(=O)c5cc6ccccc6cc5[C@]3(O)O4)[C@]12O. The Bertz CT molecular complexity index is 2560. The third-order valence-corrected chi connectivity index (χ3v) is 11.2. The third-order valence-electron chi connectivity index (χ3n) is 11.2. The van der Waals surface area contributed by atoms with Crippen LogP contribution >= 0.6 is 0 Å². The second-order valence-electron chi connectivity index (χ2n) is 13.3. The summed E-state index contributed by atoms with van der Waals surface area (Å²) in [6.45, 7) is 0. The number of ether oxygens (including phenoxy) is 3. The summed E-state index contributed by atoms with van der Waals surface area (Å²) < 4.78 is 18.3. The fourth-order valence-electron chi connectivity index (χ4n) is 8.95. The average Bonchev–Trinajstić information content (AvgIpc) is 3.74. The first-order chi connectivity index (χ1) is 23.3. The van der Waals surface area contributed by atoms with E-state index in [0.717, 1.165) is 0 Å². The van der Waals surface area contributed by atoms with Crippen LogP contribution in [0.2, 0.25) is 0 Å². The van der Waals surface area contributed by atoms with E-state index < -0.39 is 85.5 Å². The van der Waals surface area contributed by atoms with Gasteiger partial charge in [0.05, 0.1) is 16.7 Å². The highest BCUT2D eigenvalue weighted by Crippen LogP contribution is 2.74. The second kappa shape index (κ2) is 7.56. The summed E-state index contributed by atoms with van der Waals surface area (Å²) in [7, 11) is 0. The molecule has 0 aromatic heterocycles. The maximum absolute atomic E-state index is 14.4. The van der Waals surface area contributed by atoms with Gasteiger partial charge in [-0.1, -0.05) is 72.8 Å². The van der Waals surface area contributed by atoms with Gasteiger partial charge in [-0.25, -0.2) is 0 Å². The number of aliphatic hydroxyl groups is 6. The summed E-state index contributed by atoms with van der Waals surface area (Å²) in [4.78, 5) is 42.7. The summed E-state index contributed by atoms with van der Waals surface area (Å²) in [5.41, 5.74) is -12.2. The van der Waals surface area contributed by atoms with Crippen LogP contribution in [0, 0.1) is 0 Å². The molecular formula is C37H20O12. The Balaban J connectivity index is 1.28. The molecule has 49 heavy (non-hydrogen) atoms. The van der Waals surface area contributed by atoms with Gasteiger partial charge in [-0.2, -0.15) is 0 Å². The van der Waals surface area contributed by atoms with Crippen molar-refractivity contribution >= 4 is 28.1 Å². The number of carbonyl (C=O) groups excluding carboxylic acids is 3. The fraction of sp³-hybridized carbons (Fsp3) is 0.162. The number of fused-ring (bicyclic) bond motifs is 19. The van der Waals surface area contributed by atoms with E-state index in [9.17, 15) is 45.0 Å². The molecule has 240 valence electrons. The number of hydrogen-bond donors (Lipinski definition) is 6. The molecule has 3 aliphatic carbocycles. The minimum Gasteiger partial charge on any atom is -0.453 e. The lowest BCUT2D eigenvalue weighted by Gasteiger charge is -2.30. The first-order valence-corrected chi connectivity index (χ1v) is 15.3. The van der Waals surface area contributed by atoms with Crippen LogP contribution in [0.5, 0.6) is 17.2 Å². The Hall–Kier alpha value is -5.47. The monoisotopic (exact) mass is 656 g/mol. The molecule has 0 bridgehead atoms. The maximum atomic E-state index is 14.4. The zero-order chi connectivity index (χ0) is 33.8. The summed E-state index contributed by atoms with van der Waals surface area (Å²) in [6, 6.07) is 21.1. The van der Waals surface area contributed by atoms with Gasteiger partial charge in [0.15, 0.2) is 0 Å². The lowest BCUT2D eigenvalue weighted by atomic mass is 9.77. The molecule has 5 aromatic carbocycles. The summed E-state index contributed by atoms with van der Waals surface area (Å²) in [6.07, 6.45) is 0. The lowest BCUT2D eigenvalue weighted by molar-refractivity contribution is -0.231. The van der Waals surface area contributed by atoms with Crippen molar-refractivity contribution < 1.29 is 59.2 Å². The predicted octanol–water partition coefficient (Wildman–Crippen LogP) is 1.70. The minimum atomic E-state index is -3.10. The molecule has 5 aromatic rings. The van der Waals surface area contributed by atoms with Crippen molar-refractivity contribution in [2.75, 3.05) is 0 Å². The summed E-state index contributed by atoms with van der Waals surface area (Å²) in [5, 5.41) is 75.5. The predicted molar refractivity (Wildman–Crippen MR) is 162 cm³/mol. The molecule has 3 heterocycles. The quantitative estimate of drug-likeness (QED) is 0.141. The summed E-state index contributed by atoms with van der Waals surface area (Å²) >= 11 is 0. The molecule has 3 aliphatic heterocycles. The molecule has 0 radical (unpaired) electrons. The number of benzene rings is 5. The Morgan fingerprint density at radius 2 is 0.755 bits per heavy atom. The van der Waals surface area contributed by atoms with Crippen LogP contribution in [0.4, 0.5) is 0 Å². The van der Waals surface area contributed by atoms with Gasteiger partial charge >= 0.3 is 0 Å². The van der Waals surface area contributed by atoms with Crippen LogP contribution in [0.15, 0.2) is 84.9 Å². The van der Waals surface area contributed by atoms with E-state index in [1.54, 1.807) is 24.3 Å². The number of Topliss-reactive ketones (excluding diaryl/α,β-unsaturated/α-hetero) is 3. The zero-order valence-corrected chi connectivity index (χ0v) is 24.7. The third kappa shape index (κ3) is 2.37. The first-order valence-electron chi connectivity index (χ1n) is 15.3. The van der Waals surface area contributed by atoms with Gasteiger partial charge in [-0.05, 0) is 22.9 Å². The normalized spacial score (nSPS) is 34.6. The van der Waals surface area contributed by atoms with E-state index in [2.05, 4.69) is 0 Å². The smallest absolute Gasteiger partial charge is 0.277 e. The van der Waals surface area contributed by atoms with Crippen molar-refractivity contribution in [3.63, 3.8) is 0 Å². The molecule has 0 amide bonds. The highest BCUT2D eigenvalue weighted by atomic mass is 16.7. The van der Waals surface area contributed by atoms with Crippen LogP contribution in [0.25, 0.3) is 10.8 Å². The number of ketones is 3. The molecule has 0 saturated carbocycles. The van der Waals surface area contributed by atoms with Crippen molar-refractivity contribution in [1.82, 2.24) is 0 Å². The van der Waals surface area contributed by atoms with Crippen LogP contribution in [-0.4, -0.2) is 48.0 Å². The molecule has 0 unspecified atom stereocenters. The van der Waals surface area contributed by atoms with Crippen molar-refractivity contribution in [3.8, 4) is 17.2 Å². The fourth-order valence-corrected chi connectivity index (χ4v) is 8.95. The Labute approximate surface area is 273 Å².